The molecule has 3 aromatic carbocycles. The maximum Gasteiger partial charge on any atom is 0.421 e. The lowest BCUT2D eigenvalue weighted by atomic mass is 10.1. The zero-order valence-electron chi connectivity index (χ0n) is 22.6. The van der Waals surface area contributed by atoms with E-state index in [-0.39, 0.29) is 47.6 Å². The van der Waals surface area contributed by atoms with Crippen LogP contribution in [-0.2, 0) is 11.0 Å². The lowest BCUT2D eigenvalue weighted by molar-refractivity contribution is -0.137. The summed E-state index contributed by atoms with van der Waals surface area (Å²) in [5, 5.41) is 16.0. The first-order valence-corrected chi connectivity index (χ1v) is 12.7. The van der Waals surface area contributed by atoms with Crippen LogP contribution in [0.5, 0.6) is 0 Å². The molecule has 0 saturated heterocycles. The Bertz CT molecular complexity index is 1730. The van der Waals surface area contributed by atoms with E-state index in [1.54, 1.807) is 36.4 Å². The third kappa shape index (κ3) is 7.13. The van der Waals surface area contributed by atoms with Gasteiger partial charge < -0.3 is 31.9 Å². The number of carbonyl (C=O) groups excluding carboxylic acids is 2. The van der Waals surface area contributed by atoms with Crippen molar-refractivity contribution in [1.29, 1.82) is 0 Å². The van der Waals surface area contributed by atoms with Gasteiger partial charge in [-0.05, 0) is 42.5 Å². The Morgan fingerprint density at radius 2 is 1.56 bits per heavy atom. The Kier molecular flexibility index (Phi) is 9.03. The predicted octanol–water partition coefficient (Wildman–Crippen LogP) is 3.40. The highest BCUT2D eigenvalue weighted by Crippen LogP contribution is 2.36. The summed E-state index contributed by atoms with van der Waals surface area (Å²) in [5.74, 6) is -1.60. The van der Waals surface area contributed by atoms with Gasteiger partial charge in [0.25, 0.3) is 16.8 Å². The van der Waals surface area contributed by atoms with Crippen LogP contribution in [0.25, 0.3) is 0 Å². The summed E-state index contributed by atoms with van der Waals surface area (Å²) in [6, 6.07) is 12.3. The molecule has 0 spiro atoms. The third-order valence-electron chi connectivity index (χ3n) is 5.98. The van der Waals surface area contributed by atoms with E-state index in [1.165, 1.54) is 19.2 Å². The fraction of sp³-hybridized carbons (Fsp3) is 0.143. The number of aromatic nitrogens is 2. The van der Waals surface area contributed by atoms with Crippen molar-refractivity contribution < 1.29 is 22.8 Å². The topological polar surface area (TPSA) is 166 Å². The normalized spacial score (nSPS) is 11.0. The lowest BCUT2D eigenvalue weighted by Gasteiger charge is -2.17. The summed E-state index contributed by atoms with van der Waals surface area (Å²) in [6.45, 7) is 3.74. The van der Waals surface area contributed by atoms with E-state index in [4.69, 9.17) is 0 Å². The Balaban J connectivity index is 1.48. The molecule has 0 bridgehead atoms. The first-order chi connectivity index (χ1) is 20.5. The second-order valence-electron chi connectivity index (χ2n) is 8.86. The fourth-order valence-corrected chi connectivity index (χ4v) is 3.83. The summed E-state index contributed by atoms with van der Waals surface area (Å²) < 4.78 is 41.2. The third-order valence-corrected chi connectivity index (χ3v) is 5.98. The van der Waals surface area contributed by atoms with Crippen molar-refractivity contribution in [2.45, 2.75) is 6.18 Å². The van der Waals surface area contributed by atoms with Crippen LogP contribution in [0.15, 0.2) is 77.0 Å². The van der Waals surface area contributed by atoms with Crippen LogP contribution in [0.3, 0.4) is 0 Å². The molecular formula is C28H25F3N8O4. The SMILES string of the molecule is C=CC(=O)NCCNc1c(Nc2ccc(Nc3ncc(C(F)(F)F)c(Nc4ccccc4C(=O)NC)n3)cc2)c(=O)c1=O. The Hall–Kier alpha value is -5.73. The average molecular weight is 595 g/mol. The van der Waals surface area contributed by atoms with Crippen molar-refractivity contribution in [3.63, 3.8) is 0 Å². The number of halogens is 3. The van der Waals surface area contributed by atoms with Gasteiger partial charge in [0.2, 0.25) is 11.9 Å². The van der Waals surface area contributed by atoms with Gasteiger partial charge in [-0.15, -0.1) is 0 Å². The van der Waals surface area contributed by atoms with Crippen LogP contribution >= 0.6 is 0 Å². The lowest BCUT2D eigenvalue weighted by Crippen LogP contribution is -2.38. The van der Waals surface area contributed by atoms with E-state index < -0.39 is 34.3 Å². The van der Waals surface area contributed by atoms with Crippen molar-refractivity contribution in [3.8, 4) is 0 Å². The van der Waals surface area contributed by atoms with Gasteiger partial charge in [0.1, 0.15) is 22.8 Å². The highest BCUT2D eigenvalue weighted by atomic mass is 19.4. The van der Waals surface area contributed by atoms with Gasteiger partial charge in [-0.1, -0.05) is 18.7 Å². The quantitative estimate of drug-likeness (QED) is 0.0813. The summed E-state index contributed by atoms with van der Waals surface area (Å²) in [7, 11) is 1.40. The van der Waals surface area contributed by atoms with E-state index in [0.29, 0.717) is 17.6 Å². The number of hydrogen-bond donors (Lipinski definition) is 6. The average Bonchev–Trinajstić information content (AvgIpc) is 3.00. The van der Waals surface area contributed by atoms with E-state index in [1.807, 2.05) is 0 Å². The molecule has 0 aliphatic rings. The minimum Gasteiger partial charge on any atom is -0.378 e. The highest BCUT2D eigenvalue weighted by Gasteiger charge is 2.35. The van der Waals surface area contributed by atoms with Crippen LogP contribution < -0.4 is 42.8 Å². The Morgan fingerprint density at radius 3 is 2.21 bits per heavy atom. The van der Waals surface area contributed by atoms with Gasteiger partial charge in [-0.25, -0.2) is 4.98 Å². The number of hydrogen-bond acceptors (Lipinski definition) is 10. The number of amides is 2. The van der Waals surface area contributed by atoms with E-state index >= 15 is 0 Å². The molecule has 0 aliphatic heterocycles. The Morgan fingerprint density at radius 1 is 0.907 bits per heavy atom. The zero-order valence-corrected chi connectivity index (χ0v) is 22.6. The number of alkyl halides is 3. The van der Waals surface area contributed by atoms with Crippen molar-refractivity contribution >= 4 is 52.0 Å². The summed E-state index contributed by atoms with van der Waals surface area (Å²) in [4.78, 5) is 55.2. The maximum atomic E-state index is 13.7. The number of benzene rings is 2. The van der Waals surface area contributed by atoms with Crippen LogP contribution in [0.2, 0.25) is 0 Å². The van der Waals surface area contributed by atoms with Crippen LogP contribution in [0.1, 0.15) is 15.9 Å². The number of nitrogens with zero attached hydrogens (tertiary/aromatic N) is 2. The molecule has 4 aromatic rings. The Labute approximate surface area is 242 Å². The molecular weight excluding hydrogens is 569 g/mol. The molecule has 6 N–H and O–H groups in total. The molecule has 0 unspecified atom stereocenters. The number of para-hydroxylation sites is 1. The minimum absolute atomic E-state index is 0.0552. The van der Waals surface area contributed by atoms with Crippen LogP contribution in [0.4, 0.5) is 53.4 Å². The molecule has 1 heterocycles. The molecule has 222 valence electrons. The molecule has 43 heavy (non-hydrogen) atoms. The number of carbonyl (C=O) groups is 2. The summed E-state index contributed by atoms with van der Waals surface area (Å²) in [6.07, 6.45) is -3.05. The van der Waals surface area contributed by atoms with Gasteiger partial charge in [0, 0.05) is 37.7 Å². The van der Waals surface area contributed by atoms with E-state index in [0.717, 1.165) is 6.08 Å². The molecule has 0 saturated carbocycles. The smallest absolute Gasteiger partial charge is 0.378 e. The fourth-order valence-electron chi connectivity index (χ4n) is 3.83. The van der Waals surface area contributed by atoms with Gasteiger partial charge in [0.05, 0.1) is 11.3 Å². The second-order valence-corrected chi connectivity index (χ2v) is 8.86. The number of rotatable bonds is 12. The standard InChI is InChI=1S/C28H25F3N8O4/c1-3-20(40)33-12-13-34-21-22(24(42)23(21)41)36-15-8-10-16(11-9-15)37-27-35-14-18(28(29,30)31)25(39-27)38-19-7-5-4-6-17(19)26(43)32-2/h3-11,14,34,36H,1,12-13H2,2H3,(H,32,43)(H,33,40)(H2,35,37,38,39). The van der Waals surface area contributed by atoms with E-state index in [9.17, 15) is 32.3 Å². The van der Waals surface area contributed by atoms with Crippen molar-refractivity contribution in [1.82, 2.24) is 20.6 Å². The molecule has 15 heteroatoms. The summed E-state index contributed by atoms with van der Waals surface area (Å²) >= 11 is 0. The van der Waals surface area contributed by atoms with Gasteiger partial charge in [-0.3, -0.25) is 19.2 Å². The first kappa shape index (κ1) is 30.2. The number of nitrogens with one attached hydrogen (secondary N) is 6. The minimum atomic E-state index is -4.78. The molecule has 12 nitrogen and oxygen atoms in total. The van der Waals surface area contributed by atoms with Gasteiger partial charge in [0.15, 0.2) is 0 Å². The summed E-state index contributed by atoms with van der Waals surface area (Å²) in [5.41, 5.74) is -1.32. The van der Waals surface area contributed by atoms with Crippen LogP contribution in [0, 0.1) is 0 Å². The highest BCUT2D eigenvalue weighted by molar-refractivity contribution is 6.00. The van der Waals surface area contributed by atoms with Crippen molar-refractivity contribution in [3.05, 3.63) is 99.0 Å². The molecule has 1 aromatic heterocycles. The largest absolute Gasteiger partial charge is 0.421 e. The molecule has 4 rings (SSSR count). The number of anilines is 7. The molecule has 0 radical (unpaired) electrons. The van der Waals surface area contributed by atoms with Gasteiger partial charge in [-0.2, -0.15) is 18.2 Å². The monoisotopic (exact) mass is 594 g/mol. The molecule has 2 amide bonds. The molecule has 0 aliphatic carbocycles. The second kappa shape index (κ2) is 12.8. The first-order valence-electron chi connectivity index (χ1n) is 12.7. The molecule has 0 atom stereocenters. The molecule has 0 fully saturated rings. The van der Waals surface area contributed by atoms with Crippen LogP contribution in [-0.4, -0.2) is 41.9 Å². The van der Waals surface area contributed by atoms with Crippen molar-refractivity contribution in [2.24, 2.45) is 0 Å². The zero-order chi connectivity index (χ0) is 31.1. The van der Waals surface area contributed by atoms with Crippen molar-refractivity contribution in [2.75, 3.05) is 41.4 Å². The maximum absolute atomic E-state index is 13.7. The predicted molar refractivity (Wildman–Crippen MR) is 156 cm³/mol. The van der Waals surface area contributed by atoms with Gasteiger partial charge >= 0.3 is 6.18 Å². The van der Waals surface area contributed by atoms with E-state index in [2.05, 4.69) is 48.4 Å².